The van der Waals surface area contributed by atoms with E-state index in [0.29, 0.717) is 0 Å². The Morgan fingerprint density at radius 2 is 0.875 bits per heavy atom. The fourth-order valence-corrected chi connectivity index (χ4v) is 5.75. The number of allylic oxidation sites excluding steroid dienone is 4. The van der Waals surface area contributed by atoms with E-state index in [-0.39, 0.29) is 33.7 Å². The van der Waals surface area contributed by atoms with Crippen LogP contribution in [0.25, 0.3) is 0 Å². The van der Waals surface area contributed by atoms with Gasteiger partial charge in [0, 0.05) is 35.6 Å². The van der Waals surface area contributed by atoms with Crippen molar-refractivity contribution in [3.8, 4) is 0 Å². The van der Waals surface area contributed by atoms with E-state index >= 15 is 0 Å². The average molecular weight is 551 g/mol. The average Bonchev–Trinajstić information content (AvgIpc) is 2.80. The normalized spacial score (nSPS) is 29.1. The molecule has 224 valence electrons. The van der Waals surface area contributed by atoms with Gasteiger partial charge >= 0.3 is 0 Å². The van der Waals surface area contributed by atoms with Crippen LogP contribution in [-0.4, -0.2) is 34.5 Å². The summed E-state index contributed by atoms with van der Waals surface area (Å²) in [5, 5.41) is 30.1. The molecule has 0 spiro atoms. The van der Waals surface area contributed by atoms with Crippen LogP contribution in [0.5, 0.6) is 0 Å². The zero-order valence-electron chi connectivity index (χ0n) is 27.5. The van der Waals surface area contributed by atoms with Gasteiger partial charge in [0.1, 0.15) is 12.2 Å². The second-order valence-electron chi connectivity index (χ2n) is 16.3. The lowest BCUT2D eigenvalue weighted by molar-refractivity contribution is 0.216. The molecule has 0 amide bonds. The molecule has 0 aromatic carbocycles. The number of hydrogen-bond acceptors (Lipinski definition) is 4. The van der Waals surface area contributed by atoms with Gasteiger partial charge in [0.05, 0.1) is 0 Å². The minimum Gasteiger partial charge on any atom is -0.386 e. The zero-order valence-corrected chi connectivity index (χ0v) is 27.5. The van der Waals surface area contributed by atoms with E-state index in [2.05, 4.69) is 130 Å². The Morgan fingerprint density at radius 1 is 0.550 bits per heavy atom. The minimum absolute atomic E-state index is 0.00253. The standard InChI is InChI=1S/C36H58N2O2/c1-33(2,3)25-17-23(31(39)27(19-25)35(7,8)9)21-37-29-15-13-14-16-30(29)38-22-24-18-26(34(4,5)6)20-28(32(24)40)36(10,11)12/h17-22,29-32,37-40H,13-16H2,1-12H3/b23-21+,24-22+/t29-,30-,31?,32?/m0/s1. The van der Waals surface area contributed by atoms with E-state index in [1.165, 1.54) is 24.0 Å². The van der Waals surface area contributed by atoms with Gasteiger partial charge in [-0.1, -0.05) is 120 Å². The highest BCUT2D eigenvalue weighted by molar-refractivity contribution is 5.49. The van der Waals surface area contributed by atoms with Crippen molar-refractivity contribution >= 4 is 0 Å². The molecule has 4 nitrogen and oxygen atoms in total. The van der Waals surface area contributed by atoms with Gasteiger partial charge in [-0.3, -0.25) is 0 Å². The molecule has 1 saturated carbocycles. The fraction of sp³-hybridized carbons (Fsp3) is 0.667. The van der Waals surface area contributed by atoms with Gasteiger partial charge in [-0.25, -0.2) is 0 Å². The molecule has 0 aromatic rings. The Morgan fingerprint density at radius 3 is 1.15 bits per heavy atom. The molecule has 0 bridgehead atoms. The first-order valence-corrected chi connectivity index (χ1v) is 15.4. The lowest BCUT2D eigenvalue weighted by atomic mass is 9.73. The fourth-order valence-electron chi connectivity index (χ4n) is 5.75. The minimum atomic E-state index is -0.614. The van der Waals surface area contributed by atoms with E-state index in [9.17, 15) is 10.2 Å². The third kappa shape index (κ3) is 7.82. The molecule has 0 aromatic heterocycles. The molecule has 3 rings (SSSR count). The van der Waals surface area contributed by atoms with Gasteiger partial charge in [0.15, 0.2) is 0 Å². The topological polar surface area (TPSA) is 64.5 Å². The molecule has 0 radical (unpaired) electrons. The highest BCUT2D eigenvalue weighted by atomic mass is 16.3. The second kappa shape index (κ2) is 11.7. The van der Waals surface area contributed by atoms with Crippen LogP contribution in [0.15, 0.2) is 70.1 Å². The maximum Gasteiger partial charge on any atom is 0.102 e. The number of aliphatic hydroxyl groups is 2. The maximum atomic E-state index is 11.3. The first-order chi connectivity index (χ1) is 18.2. The Labute approximate surface area is 245 Å². The van der Waals surface area contributed by atoms with Gasteiger partial charge in [-0.15, -0.1) is 0 Å². The second-order valence-corrected chi connectivity index (χ2v) is 16.3. The molecule has 4 atom stereocenters. The summed E-state index contributed by atoms with van der Waals surface area (Å²) in [7, 11) is 0. The Balaban J connectivity index is 1.86. The van der Waals surface area contributed by atoms with Crippen LogP contribution in [-0.2, 0) is 0 Å². The van der Waals surface area contributed by atoms with Gasteiger partial charge in [0.25, 0.3) is 0 Å². The Kier molecular flexibility index (Phi) is 9.48. The predicted molar refractivity (Wildman–Crippen MR) is 171 cm³/mol. The van der Waals surface area contributed by atoms with Crippen LogP contribution >= 0.6 is 0 Å². The molecule has 0 heterocycles. The lowest BCUT2D eigenvalue weighted by Gasteiger charge is -2.37. The summed E-state index contributed by atoms with van der Waals surface area (Å²) in [6, 6.07) is 0.482. The highest BCUT2D eigenvalue weighted by Gasteiger charge is 2.34. The third-order valence-electron chi connectivity index (χ3n) is 8.65. The molecule has 4 N–H and O–H groups in total. The molecule has 0 saturated heterocycles. The third-order valence-corrected chi connectivity index (χ3v) is 8.65. The summed E-state index contributed by atoms with van der Waals surface area (Å²) in [5.41, 5.74) is 6.23. The number of rotatable bonds is 4. The zero-order chi connectivity index (χ0) is 30.3. The molecular formula is C36H58N2O2. The summed E-state index contributed by atoms with van der Waals surface area (Å²) < 4.78 is 0. The SMILES string of the molecule is CC(C)(C)C1=C/C(=C\N[C@H]2CCCC[C@@H]2N/C=C2\C=C(C(C)(C)C)C=C(C(C)(C)C)C2O)C(O)C(C(C)(C)C)=C1. The molecule has 3 aliphatic carbocycles. The van der Waals surface area contributed by atoms with Crippen molar-refractivity contribution in [3.63, 3.8) is 0 Å². The van der Waals surface area contributed by atoms with Crippen molar-refractivity contribution in [1.82, 2.24) is 10.6 Å². The first-order valence-electron chi connectivity index (χ1n) is 15.4. The van der Waals surface area contributed by atoms with Gasteiger partial charge in [-0.05, 0) is 56.8 Å². The molecule has 2 unspecified atom stereocenters. The van der Waals surface area contributed by atoms with E-state index in [4.69, 9.17) is 0 Å². The van der Waals surface area contributed by atoms with Crippen molar-refractivity contribution in [2.45, 2.75) is 133 Å². The van der Waals surface area contributed by atoms with Crippen molar-refractivity contribution in [3.05, 3.63) is 70.1 Å². The monoisotopic (exact) mass is 550 g/mol. The quantitative estimate of drug-likeness (QED) is 0.287. The summed E-state index contributed by atoms with van der Waals surface area (Å²) in [6.45, 7) is 26.4. The van der Waals surface area contributed by atoms with Crippen LogP contribution in [0.3, 0.4) is 0 Å². The molecule has 40 heavy (non-hydrogen) atoms. The lowest BCUT2D eigenvalue weighted by Crippen LogP contribution is -2.47. The maximum absolute atomic E-state index is 11.3. The molecular weight excluding hydrogens is 492 g/mol. The summed E-state index contributed by atoms with van der Waals surface area (Å²) in [6.07, 6.45) is 16.1. The smallest absolute Gasteiger partial charge is 0.102 e. The van der Waals surface area contributed by atoms with Crippen LogP contribution in [0.4, 0.5) is 0 Å². The van der Waals surface area contributed by atoms with E-state index < -0.39 is 12.2 Å². The van der Waals surface area contributed by atoms with E-state index in [1.54, 1.807) is 0 Å². The summed E-state index contributed by atoms with van der Waals surface area (Å²) in [5.74, 6) is 0. The van der Waals surface area contributed by atoms with Crippen molar-refractivity contribution in [1.29, 1.82) is 0 Å². The first kappa shape index (κ1) is 32.5. The van der Waals surface area contributed by atoms with Crippen molar-refractivity contribution < 1.29 is 10.2 Å². The molecule has 4 heteroatoms. The van der Waals surface area contributed by atoms with Gasteiger partial charge in [0.2, 0.25) is 0 Å². The highest BCUT2D eigenvalue weighted by Crippen LogP contribution is 2.41. The van der Waals surface area contributed by atoms with Crippen LogP contribution in [0.2, 0.25) is 0 Å². The number of aliphatic hydroxyl groups excluding tert-OH is 2. The van der Waals surface area contributed by atoms with Crippen LogP contribution < -0.4 is 10.6 Å². The van der Waals surface area contributed by atoms with E-state index in [1.807, 2.05) is 0 Å². The van der Waals surface area contributed by atoms with Crippen LogP contribution in [0.1, 0.15) is 109 Å². The van der Waals surface area contributed by atoms with E-state index in [0.717, 1.165) is 35.1 Å². The molecule has 1 fully saturated rings. The Bertz CT molecular complexity index is 1030. The van der Waals surface area contributed by atoms with Crippen LogP contribution in [0, 0.1) is 21.7 Å². The van der Waals surface area contributed by atoms with Crippen molar-refractivity contribution in [2.24, 2.45) is 21.7 Å². The largest absolute Gasteiger partial charge is 0.386 e. The molecule has 3 aliphatic rings. The summed E-state index contributed by atoms with van der Waals surface area (Å²) >= 11 is 0. The Hall–Kier alpha value is -2.04. The predicted octanol–water partition coefficient (Wildman–Crippen LogP) is 7.88. The van der Waals surface area contributed by atoms with Crippen molar-refractivity contribution in [2.75, 3.05) is 0 Å². The number of nitrogens with one attached hydrogen (secondary N) is 2. The molecule has 0 aliphatic heterocycles. The summed E-state index contributed by atoms with van der Waals surface area (Å²) in [4.78, 5) is 0. The van der Waals surface area contributed by atoms with Gasteiger partial charge in [-0.2, -0.15) is 0 Å². The number of hydrogen-bond donors (Lipinski definition) is 4. The van der Waals surface area contributed by atoms with Gasteiger partial charge < -0.3 is 20.8 Å².